The molecule has 22 heavy (non-hydrogen) atoms. The summed E-state index contributed by atoms with van der Waals surface area (Å²) in [6, 6.07) is 10.3. The van der Waals surface area contributed by atoms with Crippen LogP contribution in [0.25, 0.3) is 5.57 Å². The van der Waals surface area contributed by atoms with E-state index in [0.717, 1.165) is 0 Å². The Balaban J connectivity index is 1.89. The molecule has 0 aromatic heterocycles. The molecular formula is C17H12FNO3. The summed E-state index contributed by atoms with van der Waals surface area (Å²) < 4.78 is 18.2. The number of carbonyl (C=O) groups excluding carboxylic acids is 2. The van der Waals surface area contributed by atoms with Gasteiger partial charge in [-0.05, 0) is 35.9 Å². The van der Waals surface area contributed by atoms with Crippen molar-refractivity contribution in [1.82, 2.24) is 0 Å². The lowest BCUT2D eigenvalue weighted by Gasteiger charge is -2.18. The van der Waals surface area contributed by atoms with Crippen LogP contribution in [0.1, 0.15) is 15.9 Å². The van der Waals surface area contributed by atoms with Gasteiger partial charge in [-0.25, -0.2) is 4.39 Å². The number of nitrogens with one attached hydrogen (secondary N) is 1. The molecule has 0 fully saturated rings. The topological polar surface area (TPSA) is 55.4 Å². The summed E-state index contributed by atoms with van der Waals surface area (Å²) in [5.41, 5.74) is 1.63. The molecule has 1 aliphatic heterocycles. The Kier molecular flexibility index (Phi) is 3.47. The predicted octanol–water partition coefficient (Wildman–Crippen LogP) is 3.05. The van der Waals surface area contributed by atoms with E-state index in [1.54, 1.807) is 18.2 Å². The lowest BCUT2D eigenvalue weighted by Crippen LogP contribution is -2.25. The van der Waals surface area contributed by atoms with Gasteiger partial charge in [0, 0.05) is 11.1 Å². The highest BCUT2D eigenvalue weighted by Crippen LogP contribution is 2.30. The lowest BCUT2D eigenvalue weighted by molar-refractivity contribution is -0.118. The number of ether oxygens (including phenoxy) is 1. The summed E-state index contributed by atoms with van der Waals surface area (Å²) in [6.07, 6.45) is 0. The molecule has 1 aliphatic rings. The average Bonchev–Trinajstić information content (AvgIpc) is 2.53. The zero-order valence-corrected chi connectivity index (χ0v) is 11.6. The first-order valence-electron chi connectivity index (χ1n) is 6.61. The Bertz CT molecular complexity index is 781. The number of Topliss-reactive ketones (excluding diaryl/α,β-unsaturated/α-hetero) is 1. The molecule has 1 heterocycles. The van der Waals surface area contributed by atoms with Crippen LogP contribution in [0.15, 0.2) is 49.0 Å². The van der Waals surface area contributed by atoms with E-state index in [1.807, 2.05) is 0 Å². The smallest absolute Gasteiger partial charge is 0.262 e. The number of allylic oxidation sites excluding steroid dienone is 1. The quantitative estimate of drug-likeness (QED) is 0.700. The van der Waals surface area contributed by atoms with Crippen LogP contribution in [-0.2, 0) is 4.79 Å². The van der Waals surface area contributed by atoms with Gasteiger partial charge < -0.3 is 10.1 Å². The van der Waals surface area contributed by atoms with Crippen LogP contribution in [0, 0.1) is 5.82 Å². The minimum atomic E-state index is -0.377. The number of fused-ring (bicyclic) bond motifs is 1. The van der Waals surface area contributed by atoms with Crippen LogP contribution in [0.3, 0.4) is 0 Å². The number of halogens is 1. The van der Waals surface area contributed by atoms with Gasteiger partial charge in [-0.1, -0.05) is 18.7 Å². The minimum absolute atomic E-state index is 0.0391. The molecule has 2 aromatic carbocycles. The van der Waals surface area contributed by atoms with E-state index in [9.17, 15) is 14.0 Å². The van der Waals surface area contributed by atoms with Crippen LogP contribution < -0.4 is 10.1 Å². The van der Waals surface area contributed by atoms with Crippen LogP contribution in [0.4, 0.5) is 10.1 Å². The number of hydrogen-bond acceptors (Lipinski definition) is 3. The summed E-state index contributed by atoms with van der Waals surface area (Å²) in [6.45, 7) is 3.73. The Hall–Kier alpha value is -2.95. The van der Waals surface area contributed by atoms with Gasteiger partial charge in [0.2, 0.25) is 0 Å². The van der Waals surface area contributed by atoms with Crippen molar-refractivity contribution >= 4 is 23.0 Å². The van der Waals surface area contributed by atoms with Crippen molar-refractivity contribution in [2.75, 3.05) is 11.9 Å². The number of benzene rings is 2. The molecule has 0 radical (unpaired) electrons. The molecule has 2 aromatic rings. The zero-order valence-electron chi connectivity index (χ0n) is 11.6. The molecule has 0 saturated heterocycles. The van der Waals surface area contributed by atoms with E-state index in [2.05, 4.69) is 11.9 Å². The summed E-state index contributed by atoms with van der Waals surface area (Å²) in [4.78, 5) is 23.8. The molecule has 1 N–H and O–H groups in total. The molecule has 0 aliphatic carbocycles. The van der Waals surface area contributed by atoms with E-state index in [4.69, 9.17) is 4.74 Å². The molecule has 1 amide bonds. The number of rotatable bonds is 3. The highest BCUT2D eigenvalue weighted by Gasteiger charge is 2.19. The fourth-order valence-electron chi connectivity index (χ4n) is 2.18. The van der Waals surface area contributed by atoms with Crippen molar-refractivity contribution in [2.24, 2.45) is 0 Å². The Morgan fingerprint density at radius 3 is 2.55 bits per heavy atom. The number of amides is 1. The van der Waals surface area contributed by atoms with Gasteiger partial charge in [0.05, 0.1) is 5.69 Å². The fraction of sp³-hybridized carbons (Fsp3) is 0.0588. The molecule has 5 heteroatoms. The largest absolute Gasteiger partial charge is 0.482 e. The van der Waals surface area contributed by atoms with Crippen molar-refractivity contribution in [1.29, 1.82) is 0 Å². The van der Waals surface area contributed by atoms with E-state index in [0.29, 0.717) is 22.6 Å². The monoisotopic (exact) mass is 297 g/mol. The summed E-state index contributed by atoms with van der Waals surface area (Å²) in [5.74, 6) is -0.426. The average molecular weight is 297 g/mol. The second-order valence-electron chi connectivity index (χ2n) is 4.86. The normalized spacial score (nSPS) is 12.9. The summed E-state index contributed by atoms with van der Waals surface area (Å²) in [7, 11) is 0. The van der Waals surface area contributed by atoms with Crippen molar-refractivity contribution < 1.29 is 18.7 Å². The summed E-state index contributed by atoms with van der Waals surface area (Å²) >= 11 is 0. The van der Waals surface area contributed by atoms with Crippen molar-refractivity contribution in [2.45, 2.75) is 0 Å². The van der Waals surface area contributed by atoms with E-state index in [1.165, 1.54) is 24.3 Å². The van der Waals surface area contributed by atoms with Gasteiger partial charge in [0.15, 0.2) is 12.4 Å². The van der Waals surface area contributed by atoms with Crippen LogP contribution >= 0.6 is 0 Å². The Morgan fingerprint density at radius 1 is 1.14 bits per heavy atom. The molecule has 0 saturated carbocycles. The number of anilines is 1. The molecule has 110 valence electrons. The first-order valence-corrected chi connectivity index (χ1v) is 6.61. The molecule has 0 bridgehead atoms. The highest BCUT2D eigenvalue weighted by atomic mass is 19.1. The Labute approximate surface area is 126 Å². The van der Waals surface area contributed by atoms with Gasteiger partial charge in [0.25, 0.3) is 5.91 Å². The van der Waals surface area contributed by atoms with Crippen molar-refractivity contribution in [3.8, 4) is 5.75 Å². The minimum Gasteiger partial charge on any atom is -0.482 e. The molecular weight excluding hydrogens is 285 g/mol. The molecule has 4 nitrogen and oxygen atoms in total. The molecule has 3 rings (SSSR count). The maximum atomic E-state index is 12.9. The first-order chi connectivity index (χ1) is 10.5. The SMILES string of the molecule is C=C(C(=O)c1ccc2c(c1)NC(=O)CO2)c1ccc(F)cc1. The third kappa shape index (κ3) is 2.61. The lowest BCUT2D eigenvalue weighted by atomic mass is 9.97. The number of carbonyl (C=O) groups is 2. The first kappa shape index (κ1) is 14.0. The van der Waals surface area contributed by atoms with Gasteiger partial charge in [0.1, 0.15) is 11.6 Å². The highest BCUT2D eigenvalue weighted by molar-refractivity contribution is 6.28. The summed E-state index contributed by atoms with van der Waals surface area (Å²) in [5, 5.41) is 2.65. The van der Waals surface area contributed by atoms with Gasteiger partial charge >= 0.3 is 0 Å². The van der Waals surface area contributed by atoms with E-state index in [-0.39, 0.29) is 29.7 Å². The van der Waals surface area contributed by atoms with Crippen molar-refractivity contribution in [3.05, 3.63) is 66.0 Å². The van der Waals surface area contributed by atoms with Crippen LogP contribution in [0.2, 0.25) is 0 Å². The second kappa shape index (κ2) is 5.44. The maximum Gasteiger partial charge on any atom is 0.262 e. The van der Waals surface area contributed by atoms with Gasteiger partial charge in [-0.15, -0.1) is 0 Å². The predicted molar refractivity (Wildman–Crippen MR) is 80.3 cm³/mol. The standard InChI is InChI=1S/C17H12FNO3/c1-10(11-2-5-13(18)6-3-11)17(21)12-4-7-15-14(8-12)19-16(20)9-22-15/h2-8H,1,9H2,(H,19,20). The zero-order chi connectivity index (χ0) is 15.7. The van der Waals surface area contributed by atoms with E-state index >= 15 is 0 Å². The second-order valence-corrected chi connectivity index (χ2v) is 4.86. The van der Waals surface area contributed by atoms with Gasteiger partial charge in [-0.3, -0.25) is 9.59 Å². The Morgan fingerprint density at radius 2 is 1.82 bits per heavy atom. The number of ketones is 1. The molecule has 0 unspecified atom stereocenters. The van der Waals surface area contributed by atoms with Crippen LogP contribution in [-0.4, -0.2) is 18.3 Å². The molecule has 0 spiro atoms. The van der Waals surface area contributed by atoms with Crippen molar-refractivity contribution in [3.63, 3.8) is 0 Å². The third-order valence-corrected chi connectivity index (χ3v) is 3.34. The van der Waals surface area contributed by atoms with Gasteiger partial charge in [-0.2, -0.15) is 0 Å². The maximum absolute atomic E-state index is 12.9. The van der Waals surface area contributed by atoms with Crippen LogP contribution in [0.5, 0.6) is 5.75 Å². The number of hydrogen-bond donors (Lipinski definition) is 1. The third-order valence-electron chi connectivity index (χ3n) is 3.34. The van der Waals surface area contributed by atoms with E-state index < -0.39 is 0 Å². The molecule has 0 atom stereocenters. The fourth-order valence-corrected chi connectivity index (χ4v) is 2.18.